The minimum atomic E-state index is -4.80. The number of nitrogens with zero attached hydrogens (tertiary/aromatic N) is 3. The first-order chi connectivity index (χ1) is 15.6. The van der Waals surface area contributed by atoms with Gasteiger partial charge in [-0.1, -0.05) is 11.3 Å². The first kappa shape index (κ1) is 24.4. The van der Waals surface area contributed by atoms with Crippen molar-refractivity contribution < 1.29 is 32.2 Å². The molecule has 1 heterocycles. The Balaban J connectivity index is 1.90. The lowest BCUT2D eigenvalue weighted by Crippen LogP contribution is -2.39. The van der Waals surface area contributed by atoms with E-state index in [1.807, 2.05) is 19.0 Å². The fraction of sp³-hybridized carbons (Fsp3) is 0.333. The summed E-state index contributed by atoms with van der Waals surface area (Å²) < 4.78 is 52.6. The number of methoxy groups -OCH3 is 2. The van der Waals surface area contributed by atoms with Crippen LogP contribution in [-0.4, -0.2) is 63.7 Å². The number of anilines is 2. The molecule has 3 rings (SSSR count). The van der Waals surface area contributed by atoms with Gasteiger partial charge in [0.2, 0.25) is 0 Å². The lowest BCUT2D eigenvalue weighted by Gasteiger charge is -2.22. The molecule has 0 saturated heterocycles. The summed E-state index contributed by atoms with van der Waals surface area (Å²) in [6.07, 6.45) is -4.80. The van der Waals surface area contributed by atoms with Crippen LogP contribution in [0.3, 0.4) is 0 Å². The Kier molecular flexibility index (Phi) is 7.49. The number of benzene rings is 2. The molecule has 0 aliphatic rings. The van der Waals surface area contributed by atoms with Gasteiger partial charge in [0.1, 0.15) is 17.2 Å². The van der Waals surface area contributed by atoms with Gasteiger partial charge in [-0.05, 0) is 26.2 Å². The quantitative estimate of drug-likeness (QED) is 0.495. The topological polar surface area (TPSA) is 76.2 Å². The second kappa shape index (κ2) is 10.1. The number of hydrogen-bond donors (Lipinski definition) is 1. The molecule has 8 nitrogen and oxygen atoms in total. The molecule has 0 aliphatic heterocycles. The summed E-state index contributed by atoms with van der Waals surface area (Å²) in [5.41, 5.74) is 0.906. The van der Waals surface area contributed by atoms with Crippen molar-refractivity contribution in [3.8, 4) is 17.2 Å². The van der Waals surface area contributed by atoms with Gasteiger partial charge < -0.3 is 24.4 Å². The minimum Gasteiger partial charge on any atom is -0.497 e. The van der Waals surface area contributed by atoms with Crippen LogP contribution in [0.15, 0.2) is 36.4 Å². The van der Waals surface area contributed by atoms with E-state index >= 15 is 0 Å². The maximum absolute atomic E-state index is 13.2. The summed E-state index contributed by atoms with van der Waals surface area (Å²) in [6.45, 7) is 0.832. The van der Waals surface area contributed by atoms with E-state index < -0.39 is 12.4 Å². The molecule has 2 aromatic carbocycles. The van der Waals surface area contributed by atoms with Crippen molar-refractivity contribution in [1.29, 1.82) is 0 Å². The molecule has 0 aliphatic carbocycles. The Morgan fingerprint density at radius 3 is 2.27 bits per heavy atom. The number of fused-ring (bicyclic) bond motifs is 1. The summed E-state index contributed by atoms with van der Waals surface area (Å²) in [5.74, 6) is 0.654. The number of ether oxygens (including phenoxy) is 3. The van der Waals surface area contributed by atoms with E-state index in [1.54, 1.807) is 18.2 Å². The lowest BCUT2D eigenvalue weighted by atomic mass is 10.3. The molecule has 1 N–H and O–H groups in total. The number of rotatable bonds is 8. The number of likely N-dealkylation sites (N-methyl/N-ethyl adjacent to an activating group) is 1. The van der Waals surface area contributed by atoms with E-state index in [2.05, 4.69) is 15.0 Å². The average Bonchev–Trinajstić information content (AvgIpc) is 3.14. The van der Waals surface area contributed by atoms with Crippen molar-refractivity contribution in [2.45, 2.75) is 6.36 Å². The first-order valence-corrected chi connectivity index (χ1v) is 10.5. The Morgan fingerprint density at radius 2 is 1.70 bits per heavy atom. The molecule has 2 amide bonds. The molecule has 0 unspecified atom stereocenters. The molecule has 0 radical (unpaired) electrons. The number of nitrogens with one attached hydrogen (secondary N) is 1. The van der Waals surface area contributed by atoms with Crippen LogP contribution in [-0.2, 0) is 0 Å². The van der Waals surface area contributed by atoms with E-state index in [1.165, 1.54) is 37.3 Å². The summed E-state index contributed by atoms with van der Waals surface area (Å²) in [5, 5.41) is 3.14. The number of amides is 2. The van der Waals surface area contributed by atoms with Gasteiger partial charge in [-0.3, -0.25) is 4.90 Å². The highest BCUT2D eigenvalue weighted by Gasteiger charge is 2.31. The second-order valence-electron chi connectivity index (χ2n) is 7.16. The van der Waals surface area contributed by atoms with Crippen molar-refractivity contribution in [2.75, 3.05) is 51.6 Å². The molecular weight excluding hydrogens is 461 g/mol. The Bertz CT molecular complexity index is 1100. The number of carbonyl (C=O) groups is 1. The van der Waals surface area contributed by atoms with Crippen LogP contribution in [0.4, 0.5) is 28.8 Å². The van der Waals surface area contributed by atoms with Crippen LogP contribution in [0.2, 0.25) is 0 Å². The van der Waals surface area contributed by atoms with Gasteiger partial charge in [0.25, 0.3) is 0 Å². The number of thiazole rings is 1. The van der Waals surface area contributed by atoms with Crippen molar-refractivity contribution in [1.82, 2.24) is 9.88 Å². The van der Waals surface area contributed by atoms with Gasteiger partial charge in [0.15, 0.2) is 5.13 Å². The van der Waals surface area contributed by atoms with Crippen LogP contribution in [0.1, 0.15) is 0 Å². The Hall–Kier alpha value is -3.25. The van der Waals surface area contributed by atoms with E-state index in [-0.39, 0.29) is 5.75 Å². The molecule has 0 fully saturated rings. The summed E-state index contributed by atoms with van der Waals surface area (Å²) in [6, 6.07) is 8.36. The number of hydrogen-bond acceptors (Lipinski definition) is 7. The molecule has 33 heavy (non-hydrogen) atoms. The largest absolute Gasteiger partial charge is 0.573 e. The average molecular weight is 485 g/mol. The van der Waals surface area contributed by atoms with E-state index in [0.29, 0.717) is 45.6 Å². The standard InChI is InChI=1S/C21H23F3N4O4S/c1-27(2)7-8-28(19(29)25-13-9-15(30-3)11-16(10-13)31-4)20-26-17-6-5-14(12-18(17)33-20)32-21(22,23)24/h5-6,9-12H,7-8H2,1-4H3,(H,25,29). The highest BCUT2D eigenvalue weighted by Crippen LogP contribution is 2.34. The van der Waals surface area contributed by atoms with Gasteiger partial charge in [0.05, 0.1) is 24.4 Å². The van der Waals surface area contributed by atoms with Gasteiger partial charge in [0, 0.05) is 43.0 Å². The third-order valence-electron chi connectivity index (χ3n) is 4.43. The van der Waals surface area contributed by atoms with Crippen molar-refractivity contribution in [2.24, 2.45) is 0 Å². The molecule has 178 valence electrons. The smallest absolute Gasteiger partial charge is 0.497 e. The third kappa shape index (κ3) is 6.62. The Morgan fingerprint density at radius 1 is 1.03 bits per heavy atom. The van der Waals surface area contributed by atoms with Crippen LogP contribution < -0.4 is 24.4 Å². The van der Waals surface area contributed by atoms with Crippen LogP contribution >= 0.6 is 11.3 Å². The molecule has 3 aromatic rings. The highest BCUT2D eigenvalue weighted by atomic mass is 32.1. The fourth-order valence-corrected chi connectivity index (χ4v) is 3.88. The van der Waals surface area contributed by atoms with Crippen molar-refractivity contribution >= 4 is 38.4 Å². The summed E-state index contributed by atoms with van der Waals surface area (Å²) in [7, 11) is 6.73. The fourth-order valence-electron chi connectivity index (χ4n) is 2.86. The summed E-state index contributed by atoms with van der Waals surface area (Å²) in [4.78, 5) is 20.9. The van der Waals surface area contributed by atoms with Crippen LogP contribution in [0.25, 0.3) is 10.2 Å². The van der Waals surface area contributed by atoms with Gasteiger partial charge >= 0.3 is 12.4 Å². The zero-order valence-electron chi connectivity index (χ0n) is 18.4. The maximum Gasteiger partial charge on any atom is 0.573 e. The third-order valence-corrected chi connectivity index (χ3v) is 5.47. The van der Waals surface area contributed by atoms with Crippen molar-refractivity contribution in [3.05, 3.63) is 36.4 Å². The predicted molar refractivity (Wildman–Crippen MR) is 121 cm³/mol. The molecule has 0 saturated carbocycles. The molecule has 12 heteroatoms. The van der Waals surface area contributed by atoms with Crippen molar-refractivity contribution in [3.63, 3.8) is 0 Å². The van der Waals surface area contributed by atoms with Gasteiger partial charge in [-0.2, -0.15) is 0 Å². The number of halogens is 3. The molecule has 0 atom stereocenters. The lowest BCUT2D eigenvalue weighted by molar-refractivity contribution is -0.274. The highest BCUT2D eigenvalue weighted by molar-refractivity contribution is 7.22. The zero-order chi connectivity index (χ0) is 24.2. The monoisotopic (exact) mass is 484 g/mol. The second-order valence-corrected chi connectivity index (χ2v) is 8.17. The zero-order valence-corrected chi connectivity index (χ0v) is 19.2. The van der Waals surface area contributed by atoms with Gasteiger partial charge in [-0.25, -0.2) is 9.78 Å². The number of carbonyl (C=O) groups excluding carboxylic acids is 1. The number of aromatic nitrogens is 1. The minimum absolute atomic E-state index is 0.297. The maximum atomic E-state index is 13.2. The SMILES string of the molecule is COc1cc(NC(=O)N(CCN(C)C)c2nc3ccc(OC(F)(F)F)cc3s2)cc(OC)c1. The number of urea groups is 1. The number of alkyl halides is 3. The van der Waals surface area contributed by atoms with E-state index in [9.17, 15) is 18.0 Å². The van der Waals surface area contributed by atoms with Crippen LogP contribution in [0.5, 0.6) is 17.2 Å². The molecule has 1 aromatic heterocycles. The van der Waals surface area contributed by atoms with Crippen LogP contribution in [0, 0.1) is 0 Å². The normalized spacial score (nSPS) is 11.5. The molecule has 0 spiro atoms. The first-order valence-electron chi connectivity index (χ1n) is 9.70. The molecular formula is C21H23F3N4O4S. The predicted octanol–water partition coefficient (Wildman–Crippen LogP) is 4.81. The van der Waals surface area contributed by atoms with Gasteiger partial charge in [-0.15, -0.1) is 13.2 Å². The summed E-state index contributed by atoms with van der Waals surface area (Å²) >= 11 is 1.09. The Labute approximate surface area is 192 Å². The van der Waals surface area contributed by atoms with E-state index in [0.717, 1.165) is 11.3 Å². The molecule has 0 bridgehead atoms. The van der Waals surface area contributed by atoms with E-state index in [4.69, 9.17) is 9.47 Å².